The summed E-state index contributed by atoms with van der Waals surface area (Å²) in [6.45, 7) is 4.39. The number of fused-ring (bicyclic) bond motifs is 1. The topological polar surface area (TPSA) is 107 Å². The maximum atomic E-state index is 15.2. The summed E-state index contributed by atoms with van der Waals surface area (Å²) < 4.78 is 41.4. The van der Waals surface area contributed by atoms with Crippen LogP contribution in [0.2, 0.25) is 0 Å². The molecule has 2 aliphatic heterocycles. The van der Waals surface area contributed by atoms with Crippen LogP contribution in [-0.2, 0) is 21.4 Å². The van der Waals surface area contributed by atoms with Crippen LogP contribution in [0.25, 0.3) is 0 Å². The lowest BCUT2D eigenvalue weighted by Gasteiger charge is -2.30. The Balaban J connectivity index is 1.96. The van der Waals surface area contributed by atoms with Gasteiger partial charge in [-0.25, -0.2) is 13.4 Å². The molecule has 0 unspecified atom stereocenters. The lowest BCUT2D eigenvalue weighted by atomic mass is 9.96. The zero-order valence-corrected chi connectivity index (χ0v) is 16.0. The molecule has 0 radical (unpaired) electrons. The van der Waals surface area contributed by atoms with Crippen LogP contribution in [0.1, 0.15) is 42.6 Å². The van der Waals surface area contributed by atoms with Crippen LogP contribution < -0.4 is 9.03 Å². The van der Waals surface area contributed by atoms with Crippen LogP contribution in [0.4, 0.5) is 10.1 Å². The van der Waals surface area contributed by atoms with Gasteiger partial charge in [-0.2, -0.15) is 8.42 Å². The number of anilines is 1. The van der Waals surface area contributed by atoms with Crippen LogP contribution >= 0.6 is 0 Å². The Hall–Kier alpha value is -2.36. The molecule has 0 atom stereocenters. The van der Waals surface area contributed by atoms with Crippen molar-refractivity contribution in [3.63, 3.8) is 0 Å². The van der Waals surface area contributed by atoms with Crippen molar-refractivity contribution in [2.24, 2.45) is 5.92 Å². The van der Waals surface area contributed by atoms with Gasteiger partial charge in [-0.05, 0) is 36.8 Å². The molecule has 0 spiro atoms. The molecule has 0 aromatic heterocycles. The van der Waals surface area contributed by atoms with Gasteiger partial charge in [0.05, 0.1) is 5.56 Å². The minimum absolute atomic E-state index is 0.242. The van der Waals surface area contributed by atoms with Gasteiger partial charge in [0.15, 0.2) is 5.82 Å². The third-order valence-electron chi connectivity index (χ3n) is 4.73. The molecule has 148 valence electrons. The van der Waals surface area contributed by atoms with Crippen LogP contribution in [0, 0.1) is 11.7 Å². The maximum Gasteiger partial charge on any atom is 0.326 e. The minimum Gasteiger partial charge on any atom is -0.506 e. The average Bonchev–Trinajstić information content (AvgIpc) is 2.81. The van der Waals surface area contributed by atoms with Gasteiger partial charge >= 0.3 is 10.2 Å². The lowest BCUT2D eigenvalue weighted by Crippen LogP contribution is -2.39. The summed E-state index contributed by atoms with van der Waals surface area (Å²) in [6.07, 6.45) is 2.07. The molecule has 2 heterocycles. The fraction of sp³-hybridized carbons (Fsp3) is 0.529. The molecule has 0 aliphatic carbocycles. The second-order valence-corrected chi connectivity index (χ2v) is 8.80. The number of carbonyl (C=O) groups is 2. The third-order valence-corrected chi connectivity index (χ3v) is 6.11. The number of carbonyl (C=O) groups excluding carboxylic acids is 2. The quantitative estimate of drug-likeness (QED) is 0.772. The number of halogens is 1. The number of aromatic hydroxyl groups is 1. The Morgan fingerprint density at radius 2 is 2.04 bits per heavy atom. The van der Waals surface area contributed by atoms with Gasteiger partial charge in [-0.1, -0.05) is 13.8 Å². The predicted octanol–water partition coefficient (Wildman–Crippen LogP) is 1.15. The van der Waals surface area contributed by atoms with Gasteiger partial charge in [0.2, 0.25) is 0 Å². The van der Waals surface area contributed by atoms with Crippen molar-refractivity contribution in [3.05, 3.63) is 23.0 Å². The van der Waals surface area contributed by atoms with E-state index in [0.29, 0.717) is 35.3 Å². The van der Waals surface area contributed by atoms with E-state index in [1.807, 2.05) is 0 Å². The van der Waals surface area contributed by atoms with Crippen LogP contribution in [0.3, 0.4) is 0 Å². The average molecular weight is 399 g/mol. The number of rotatable bonds is 5. The highest BCUT2D eigenvalue weighted by Crippen LogP contribution is 2.39. The molecule has 3 rings (SSSR count). The fourth-order valence-corrected chi connectivity index (χ4v) is 4.57. The van der Waals surface area contributed by atoms with Crippen molar-refractivity contribution < 1.29 is 27.5 Å². The SMILES string of the molecule is CC(C)CCCN1CCc2cc(O)c(N3CC(=O)NS3(=O)=O)c(F)c2C1=O. The fourth-order valence-electron chi connectivity index (χ4n) is 3.41. The third kappa shape index (κ3) is 3.58. The van der Waals surface area contributed by atoms with Crippen molar-refractivity contribution >= 4 is 27.7 Å². The van der Waals surface area contributed by atoms with Crippen molar-refractivity contribution in [1.29, 1.82) is 0 Å². The minimum atomic E-state index is -4.31. The van der Waals surface area contributed by atoms with E-state index in [4.69, 9.17) is 0 Å². The molecule has 1 aromatic carbocycles. The second kappa shape index (κ2) is 6.99. The number of nitrogens with zero attached hydrogens (tertiary/aromatic N) is 2. The summed E-state index contributed by atoms with van der Waals surface area (Å²) in [6, 6.07) is 1.20. The molecule has 27 heavy (non-hydrogen) atoms. The Morgan fingerprint density at radius 3 is 2.63 bits per heavy atom. The highest BCUT2D eigenvalue weighted by atomic mass is 32.2. The summed E-state index contributed by atoms with van der Waals surface area (Å²) in [5.74, 6) is -2.62. The number of benzene rings is 1. The Morgan fingerprint density at radius 1 is 1.33 bits per heavy atom. The maximum absolute atomic E-state index is 15.2. The smallest absolute Gasteiger partial charge is 0.326 e. The van der Waals surface area contributed by atoms with E-state index in [9.17, 15) is 23.1 Å². The van der Waals surface area contributed by atoms with E-state index in [1.165, 1.54) is 11.0 Å². The molecule has 2 amide bonds. The van der Waals surface area contributed by atoms with E-state index in [-0.39, 0.29) is 5.56 Å². The number of nitrogens with one attached hydrogen (secondary N) is 1. The number of hydrogen-bond acceptors (Lipinski definition) is 5. The second-order valence-electron chi connectivity index (χ2n) is 7.21. The van der Waals surface area contributed by atoms with Crippen molar-refractivity contribution in [2.45, 2.75) is 33.1 Å². The van der Waals surface area contributed by atoms with E-state index >= 15 is 4.39 Å². The monoisotopic (exact) mass is 399 g/mol. The molecule has 2 N–H and O–H groups in total. The van der Waals surface area contributed by atoms with Crippen molar-refractivity contribution in [2.75, 3.05) is 23.9 Å². The largest absolute Gasteiger partial charge is 0.506 e. The first-order chi connectivity index (χ1) is 12.6. The van der Waals surface area contributed by atoms with Crippen molar-refractivity contribution in [3.8, 4) is 5.75 Å². The van der Waals surface area contributed by atoms with Crippen LogP contribution in [0.5, 0.6) is 5.75 Å². The summed E-state index contributed by atoms with van der Waals surface area (Å²) >= 11 is 0. The first kappa shape index (κ1) is 19.4. The van der Waals surface area contributed by atoms with Gasteiger partial charge in [0.25, 0.3) is 11.8 Å². The molecule has 1 saturated heterocycles. The van der Waals surface area contributed by atoms with Gasteiger partial charge < -0.3 is 10.0 Å². The van der Waals surface area contributed by atoms with E-state index in [0.717, 1.165) is 12.8 Å². The molecule has 0 saturated carbocycles. The highest BCUT2D eigenvalue weighted by Gasteiger charge is 2.40. The van der Waals surface area contributed by atoms with Gasteiger partial charge in [-0.3, -0.25) is 9.59 Å². The van der Waals surface area contributed by atoms with E-state index in [1.54, 1.807) is 4.72 Å². The molecular formula is C17H22FN3O5S. The summed E-state index contributed by atoms with van der Waals surface area (Å²) in [4.78, 5) is 25.7. The molecule has 8 nitrogen and oxygen atoms in total. The van der Waals surface area contributed by atoms with Gasteiger partial charge in [0.1, 0.15) is 18.0 Å². The standard InChI is InChI=1S/C17H22FN3O5S/c1-10(2)4-3-6-20-7-5-11-8-12(22)16(15(18)14(11)17(20)24)21-9-13(23)19-27(21,25)26/h8,10,22H,3-7,9H2,1-2H3,(H,19,23). The summed E-state index contributed by atoms with van der Waals surface area (Å²) in [5.41, 5.74) is -0.590. The van der Waals surface area contributed by atoms with Crippen LogP contribution in [0.15, 0.2) is 6.07 Å². The highest BCUT2D eigenvalue weighted by molar-refractivity contribution is 7.92. The van der Waals surface area contributed by atoms with Gasteiger partial charge in [0, 0.05) is 13.1 Å². The summed E-state index contributed by atoms with van der Waals surface area (Å²) in [7, 11) is -4.31. The molecule has 0 bridgehead atoms. The van der Waals surface area contributed by atoms with Crippen LogP contribution in [-0.4, -0.2) is 49.9 Å². The predicted molar refractivity (Wildman–Crippen MR) is 96.2 cm³/mol. The Kier molecular flexibility index (Phi) is 5.02. The van der Waals surface area contributed by atoms with E-state index in [2.05, 4.69) is 13.8 Å². The molecule has 10 heteroatoms. The molecule has 1 fully saturated rings. The number of phenols is 1. The molecule has 1 aromatic rings. The number of hydrogen-bond donors (Lipinski definition) is 2. The first-order valence-corrected chi connectivity index (χ1v) is 10.2. The van der Waals surface area contributed by atoms with Gasteiger partial charge in [-0.15, -0.1) is 0 Å². The zero-order chi connectivity index (χ0) is 19.9. The lowest BCUT2D eigenvalue weighted by molar-refractivity contribution is -0.117. The molecular weight excluding hydrogens is 377 g/mol. The zero-order valence-electron chi connectivity index (χ0n) is 15.2. The number of amides is 2. The normalized spacial score (nSPS) is 18.8. The first-order valence-electron chi connectivity index (χ1n) is 8.78. The number of phenolic OH excluding ortho intramolecular Hbond substituents is 1. The van der Waals surface area contributed by atoms with E-state index < -0.39 is 45.8 Å². The summed E-state index contributed by atoms with van der Waals surface area (Å²) in [5, 5.41) is 10.2. The Bertz CT molecular complexity index is 900. The molecule has 2 aliphatic rings. The van der Waals surface area contributed by atoms with Crippen molar-refractivity contribution in [1.82, 2.24) is 9.62 Å². The Labute approximate surface area is 157 Å².